The lowest BCUT2D eigenvalue weighted by Crippen LogP contribution is -2.43. The summed E-state index contributed by atoms with van der Waals surface area (Å²) in [6.45, 7) is 3.36. The van der Waals surface area contributed by atoms with Crippen LogP contribution in [0.25, 0.3) is 11.3 Å². The second-order valence-corrected chi connectivity index (χ2v) is 7.27. The van der Waals surface area contributed by atoms with Crippen LogP contribution in [0.2, 0.25) is 0 Å². The highest BCUT2D eigenvalue weighted by Gasteiger charge is 2.22. The molecule has 0 spiro atoms. The summed E-state index contributed by atoms with van der Waals surface area (Å²) in [4.78, 5) is 18.2. The normalized spacial score (nSPS) is 13.0. The smallest absolute Gasteiger partial charge is 0.330 e. The largest absolute Gasteiger partial charge is 0.493 e. The van der Waals surface area contributed by atoms with Crippen molar-refractivity contribution < 1.29 is 9.47 Å². The van der Waals surface area contributed by atoms with Gasteiger partial charge in [0, 0.05) is 31.3 Å². The third-order valence-electron chi connectivity index (χ3n) is 5.49. The maximum atomic E-state index is 13.3. The highest BCUT2D eigenvalue weighted by Crippen LogP contribution is 2.37. The molecule has 0 amide bonds. The number of nitrogens with zero attached hydrogens (tertiary/aromatic N) is 3. The summed E-state index contributed by atoms with van der Waals surface area (Å²) in [6, 6.07) is 13.7. The monoisotopic (exact) mass is 406 g/mol. The maximum Gasteiger partial charge on any atom is 0.330 e. The van der Waals surface area contributed by atoms with Crippen molar-refractivity contribution in [1.29, 1.82) is 0 Å². The van der Waals surface area contributed by atoms with Crippen molar-refractivity contribution in [3.05, 3.63) is 69.6 Å². The molecule has 2 heterocycles. The number of hydrogen-bond donors (Lipinski definition) is 1. The van der Waals surface area contributed by atoms with Crippen molar-refractivity contribution in [3.8, 4) is 22.8 Å². The van der Waals surface area contributed by atoms with E-state index in [1.165, 1.54) is 0 Å². The van der Waals surface area contributed by atoms with Gasteiger partial charge in [0.1, 0.15) is 5.49 Å². The van der Waals surface area contributed by atoms with Gasteiger partial charge in [0.25, 0.3) is 0 Å². The molecule has 0 saturated heterocycles. The number of hydrogen-bond acceptors (Lipinski definition) is 5. The second kappa shape index (κ2) is 8.20. The zero-order chi connectivity index (χ0) is 21.3. The average molecular weight is 406 g/mol. The molecule has 156 valence electrons. The van der Waals surface area contributed by atoms with Gasteiger partial charge in [0.15, 0.2) is 11.5 Å². The van der Waals surface area contributed by atoms with Gasteiger partial charge in [-0.15, -0.1) is 0 Å². The van der Waals surface area contributed by atoms with Gasteiger partial charge in [-0.25, -0.2) is 9.79 Å². The molecular formula is C23H26N4O3. The van der Waals surface area contributed by atoms with Gasteiger partial charge in [0.05, 0.1) is 25.6 Å². The molecular weight excluding hydrogens is 380 g/mol. The summed E-state index contributed by atoms with van der Waals surface area (Å²) in [5.74, 6) is 1.32. The number of rotatable bonds is 5. The van der Waals surface area contributed by atoms with E-state index in [0.717, 1.165) is 34.5 Å². The fourth-order valence-corrected chi connectivity index (χ4v) is 3.91. The van der Waals surface area contributed by atoms with E-state index in [0.29, 0.717) is 36.6 Å². The molecule has 3 aromatic rings. The minimum Gasteiger partial charge on any atom is -0.493 e. The van der Waals surface area contributed by atoms with Crippen LogP contribution in [-0.4, -0.2) is 29.9 Å². The molecule has 0 fully saturated rings. The number of aryl methyl sites for hydroxylation is 2. The van der Waals surface area contributed by atoms with Crippen LogP contribution in [-0.2, 0) is 19.5 Å². The summed E-state index contributed by atoms with van der Waals surface area (Å²) < 4.78 is 14.4. The number of methoxy groups -OCH3 is 2. The van der Waals surface area contributed by atoms with Crippen molar-refractivity contribution in [2.45, 2.75) is 26.4 Å². The van der Waals surface area contributed by atoms with Gasteiger partial charge in [-0.3, -0.25) is 9.13 Å². The van der Waals surface area contributed by atoms with Gasteiger partial charge in [0.2, 0.25) is 0 Å². The highest BCUT2D eigenvalue weighted by atomic mass is 16.5. The number of fused-ring (bicyclic) bond motifs is 3. The average Bonchev–Trinajstić information content (AvgIpc) is 2.76. The maximum absolute atomic E-state index is 13.3. The first-order valence-corrected chi connectivity index (χ1v) is 9.97. The fraction of sp³-hybridized carbons (Fsp3) is 0.304. The molecule has 0 atom stereocenters. The van der Waals surface area contributed by atoms with E-state index in [1.54, 1.807) is 23.4 Å². The Labute approximate surface area is 175 Å². The molecule has 4 rings (SSSR count). The Kier molecular flexibility index (Phi) is 5.46. The first-order valence-electron chi connectivity index (χ1n) is 9.97. The van der Waals surface area contributed by atoms with Crippen molar-refractivity contribution in [1.82, 2.24) is 9.13 Å². The third kappa shape index (κ3) is 3.41. The number of nitrogens with two attached hydrogens (primary N) is 1. The standard InChI is InChI=1S/C23H26N4O3/c1-15-6-4-5-7-18(15)25-22-14-19-17-13-21(30-3)20(29-2)12-16(17)8-10-26(19)23(28)27(22)11-9-24/h4-7,12-14H,8-11,24H2,1-3H3/b25-22-. The molecule has 0 bridgehead atoms. The van der Waals surface area contributed by atoms with Gasteiger partial charge in [-0.2, -0.15) is 0 Å². The SMILES string of the molecule is COc1cc2c(cc1OC)-c1c/c(=N/c3ccccc3C)n(CCN)c(=O)n1CC2. The predicted octanol–water partition coefficient (Wildman–Crippen LogP) is 2.39. The summed E-state index contributed by atoms with van der Waals surface area (Å²) in [6.07, 6.45) is 0.736. The van der Waals surface area contributed by atoms with Crippen LogP contribution in [0.15, 0.2) is 52.3 Å². The first-order chi connectivity index (χ1) is 14.6. The quantitative estimate of drug-likeness (QED) is 0.705. The van der Waals surface area contributed by atoms with Crippen LogP contribution in [0.5, 0.6) is 11.5 Å². The summed E-state index contributed by atoms with van der Waals surface area (Å²) >= 11 is 0. The highest BCUT2D eigenvalue weighted by molar-refractivity contribution is 5.70. The molecule has 0 saturated carbocycles. The Bertz CT molecular complexity index is 1220. The van der Waals surface area contributed by atoms with Crippen molar-refractivity contribution >= 4 is 5.69 Å². The number of para-hydroxylation sites is 1. The first kappa shape index (κ1) is 20.0. The zero-order valence-corrected chi connectivity index (χ0v) is 17.5. The van der Waals surface area contributed by atoms with Gasteiger partial charge in [-0.05, 0) is 42.7 Å². The van der Waals surface area contributed by atoms with E-state index in [9.17, 15) is 4.79 Å². The zero-order valence-electron chi connectivity index (χ0n) is 17.5. The van der Waals surface area contributed by atoms with Gasteiger partial charge >= 0.3 is 5.69 Å². The van der Waals surface area contributed by atoms with Crippen LogP contribution in [0.4, 0.5) is 5.69 Å². The molecule has 2 N–H and O–H groups in total. The minimum atomic E-state index is -0.106. The van der Waals surface area contributed by atoms with E-state index in [2.05, 4.69) is 0 Å². The van der Waals surface area contributed by atoms with E-state index in [-0.39, 0.29) is 5.69 Å². The van der Waals surface area contributed by atoms with Crippen LogP contribution in [0, 0.1) is 6.92 Å². The number of aromatic nitrogens is 2. The van der Waals surface area contributed by atoms with Crippen molar-refractivity contribution in [2.24, 2.45) is 10.7 Å². The summed E-state index contributed by atoms with van der Waals surface area (Å²) in [7, 11) is 3.24. The molecule has 30 heavy (non-hydrogen) atoms. The Morgan fingerprint density at radius 1 is 1.10 bits per heavy atom. The lowest BCUT2D eigenvalue weighted by Gasteiger charge is -2.24. The Hall–Kier alpha value is -3.32. The minimum absolute atomic E-state index is 0.106. The lowest BCUT2D eigenvalue weighted by molar-refractivity contribution is 0.354. The molecule has 0 unspecified atom stereocenters. The molecule has 1 aromatic heterocycles. The second-order valence-electron chi connectivity index (χ2n) is 7.27. The third-order valence-corrected chi connectivity index (χ3v) is 5.49. The van der Waals surface area contributed by atoms with Crippen LogP contribution >= 0.6 is 0 Å². The molecule has 0 aliphatic carbocycles. The van der Waals surface area contributed by atoms with Gasteiger partial charge < -0.3 is 15.2 Å². The van der Waals surface area contributed by atoms with E-state index >= 15 is 0 Å². The Balaban J connectivity index is 2.01. The molecule has 7 nitrogen and oxygen atoms in total. The Morgan fingerprint density at radius 2 is 1.83 bits per heavy atom. The predicted molar refractivity (Wildman–Crippen MR) is 116 cm³/mol. The summed E-state index contributed by atoms with van der Waals surface area (Å²) in [5, 5.41) is 0. The van der Waals surface area contributed by atoms with Crippen LogP contribution < -0.4 is 26.4 Å². The lowest BCUT2D eigenvalue weighted by atomic mass is 9.97. The summed E-state index contributed by atoms with van der Waals surface area (Å²) in [5.41, 5.74) is 11.1. The topological polar surface area (TPSA) is 83.8 Å². The van der Waals surface area contributed by atoms with E-state index < -0.39 is 0 Å². The molecule has 2 aromatic carbocycles. The number of ether oxygens (including phenoxy) is 2. The number of benzene rings is 2. The van der Waals surface area contributed by atoms with Crippen molar-refractivity contribution in [2.75, 3.05) is 20.8 Å². The van der Waals surface area contributed by atoms with Crippen LogP contribution in [0.3, 0.4) is 0 Å². The van der Waals surface area contributed by atoms with E-state index in [4.69, 9.17) is 20.2 Å². The molecule has 7 heteroatoms. The molecule has 1 aliphatic rings. The van der Waals surface area contributed by atoms with E-state index in [1.807, 2.05) is 49.4 Å². The van der Waals surface area contributed by atoms with Gasteiger partial charge in [-0.1, -0.05) is 18.2 Å². The Morgan fingerprint density at radius 3 is 2.53 bits per heavy atom. The van der Waals surface area contributed by atoms with Crippen molar-refractivity contribution in [3.63, 3.8) is 0 Å². The molecule has 0 radical (unpaired) electrons. The fourth-order valence-electron chi connectivity index (χ4n) is 3.91. The van der Waals surface area contributed by atoms with Crippen LogP contribution in [0.1, 0.15) is 11.1 Å². The molecule has 1 aliphatic heterocycles.